The van der Waals surface area contributed by atoms with Crippen molar-refractivity contribution < 1.29 is 4.79 Å². The quantitative estimate of drug-likeness (QED) is 0.844. The molecule has 4 heteroatoms. The van der Waals surface area contributed by atoms with Gasteiger partial charge in [-0.25, -0.2) is 0 Å². The van der Waals surface area contributed by atoms with Crippen molar-refractivity contribution in [2.75, 3.05) is 38.0 Å². The minimum absolute atomic E-state index is 0.0701. The SMILES string of the molecule is Cc1ccc(NC(=O)CN2CCCNCC2)cc1. The number of hydrogen-bond acceptors (Lipinski definition) is 3. The molecule has 0 atom stereocenters. The van der Waals surface area contributed by atoms with Crippen molar-refractivity contribution in [1.82, 2.24) is 10.2 Å². The van der Waals surface area contributed by atoms with Crippen LogP contribution in [0.1, 0.15) is 12.0 Å². The molecule has 1 amide bonds. The van der Waals surface area contributed by atoms with Gasteiger partial charge in [0.2, 0.25) is 5.91 Å². The maximum atomic E-state index is 11.9. The number of nitrogens with zero attached hydrogens (tertiary/aromatic N) is 1. The maximum absolute atomic E-state index is 11.9. The fourth-order valence-corrected chi connectivity index (χ4v) is 2.10. The molecule has 1 aromatic carbocycles. The third-order valence-corrected chi connectivity index (χ3v) is 3.14. The van der Waals surface area contributed by atoms with Crippen molar-refractivity contribution >= 4 is 11.6 Å². The van der Waals surface area contributed by atoms with Crippen molar-refractivity contribution in [2.24, 2.45) is 0 Å². The smallest absolute Gasteiger partial charge is 0.238 e. The van der Waals surface area contributed by atoms with Gasteiger partial charge in [0, 0.05) is 18.8 Å². The molecular formula is C14H21N3O. The summed E-state index contributed by atoms with van der Waals surface area (Å²) in [4.78, 5) is 14.1. The first-order chi connectivity index (χ1) is 8.74. The predicted molar refractivity (Wildman–Crippen MR) is 73.7 cm³/mol. The van der Waals surface area contributed by atoms with Crippen LogP contribution in [0.4, 0.5) is 5.69 Å². The van der Waals surface area contributed by atoms with E-state index in [1.54, 1.807) is 0 Å². The van der Waals surface area contributed by atoms with E-state index in [1.807, 2.05) is 31.2 Å². The fraction of sp³-hybridized carbons (Fsp3) is 0.500. The monoisotopic (exact) mass is 247 g/mol. The highest BCUT2D eigenvalue weighted by molar-refractivity contribution is 5.92. The molecule has 0 radical (unpaired) electrons. The molecule has 0 bridgehead atoms. The molecule has 0 saturated carbocycles. The van der Waals surface area contributed by atoms with Gasteiger partial charge in [-0.1, -0.05) is 17.7 Å². The van der Waals surface area contributed by atoms with Crippen LogP contribution in [0.5, 0.6) is 0 Å². The summed E-state index contributed by atoms with van der Waals surface area (Å²) in [6, 6.07) is 7.89. The molecule has 18 heavy (non-hydrogen) atoms. The highest BCUT2D eigenvalue weighted by Crippen LogP contribution is 2.08. The molecule has 0 aliphatic carbocycles. The predicted octanol–water partition coefficient (Wildman–Crippen LogP) is 1.23. The number of amides is 1. The molecule has 0 unspecified atom stereocenters. The van der Waals surface area contributed by atoms with Gasteiger partial charge in [0.15, 0.2) is 0 Å². The number of carbonyl (C=O) groups is 1. The summed E-state index contributed by atoms with van der Waals surface area (Å²) in [6.45, 7) is 6.48. The third kappa shape index (κ3) is 4.13. The molecular weight excluding hydrogens is 226 g/mol. The van der Waals surface area contributed by atoms with E-state index in [4.69, 9.17) is 0 Å². The molecule has 1 heterocycles. The molecule has 1 aromatic rings. The second-order valence-electron chi connectivity index (χ2n) is 4.79. The summed E-state index contributed by atoms with van der Waals surface area (Å²) in [7, 11) is 0. The van der Waals surface area contributed by atoms with E-state index in [9.17, 15) is 4.79 Å². The molecule has 98 valence electrons. The molecule has 4 nitrogen and oxygen atoms in total. The van der Waals surface area contributed by atoms with Crippen LogP contribution in [0.25, 0.3) is 0 Å². The van der Waals surface area contributed by atoms with Crippen LogP contribution in [0.2, 0.25) is 0 Å². The van der Waals surface area contributed by atoms with Gasteiger partial charge in [-0.3, -0.25) is 9.69 Å². The Labute approximate surface area is 108 Å². The first kappa shape index (κ1) is 13.1. The van der Waals surface area contributed by atoms with Crippen LogP contribution in [-0.4, -0.2) is 43.5 Å². The molecule has 2 rings (SSSR count). The Bertz CT molecular complexity index is 381. The number of hydrogen-bond donors (Lipinski definition) is 2. The van der Waals surface area contributed by atoms with Gasteiger partial charge in [-0.2, -0.15) is 0 Å². The lowest BCUT2D eigenvalue weighted by Crippen LogP contribution is -2.35. The second-order valence-corrected chi connectivity index (χ2v) is 4.79. The average molecular weight is 247 g/mol. The number of nitrogens with one attached hydrogen (secondary N) is 2. The topological polar surface area (TPSA) is 44.4 Å². The summed E-state index contributed by atoms with van der Waals surface area (Å²) in [5.74, 6) is 0.0701. The number of rotatable bonds is 3. The lowest BCUT2D eigenvalue weighted by atomic mass is 10.2. The Kier molecular flexibility index (Phi) is 4.73. The Morgan fingerprint density at radius 3 is 2.83 bits per heavy atom. The molecule has 0 spiro atoms. The average Bonchev–Trinajstić information content (AvgIpc) is 2.61. The standard InChI is InChI=1S/C14H21N3O/c1-12-3-5-13(6-4-12)16-14(18)11-17-9-2-7-15-8-10-17/h3-6,15H,2,7-11H2,1H3,(H,16,18). The Balaban J connectivity index is 1.82. The largest absolute Gasteiger partial charge is 0.325 e. The van der Waals surface area contributed by atoms with Crippen LogP contribution in [-0.2, 0) is 4.79 Å². The van der Waals surface area contributed by atoms with Gasteiger partial charge in [0.1, 0.15) is 0 Å². The summed E-state index contributed by atoms with van der Waals surface area (Å²) < 4.78 is 0. The zero-order chi connectivity index (χ0) is 12.8. The molecule has 1 saturated heterocycles. The van der Waals surface area contributed by atoms with E-state index in [1.165, 1.54) is 5.56 Å². The van der Waals surface area contributed by atoms with Crippen molar-refractivity contribution in [1.29, 1.82) is 0 Å². The van der Waals surface area contributed by atoms with Crippen LogP contribution >= 0.6 is 0 Å². The lowest BCUT2D eigenvalue weighted by Gasteiger charge is -2.18. The molecule has 1 aliphatic heterocycles. The summed E-state index contributed by atoms with van der Waals surface area (Å²) in [6.07, 6.45) is 1.11. The van der Waals surface area contributed by atoms with E-state index in [0.29, 0.717) is 6.54 Å². The lowest BCUT2D eigenvalue weighted by molar-refractivity contribution is -0.117. The van der Waals surface area contributed by atoms with Gasteiger partial charge >= 0.3 is 0 Å². The number of benzene rings is 1. The van der Waals surface area contributed by atoms with Gasteiger partial charge in [0.25, 0.3) is 0 Å². The van der Waals surface area contributed by atoms with Gasteiger partial charge < -0.3 is 10.6 Å². The summed E-state index contributed by atoms with van der Waals surface area (Å²) in [5, 5.41) is 6.27. The van der Waals surface area contributed by atoms with E-state index < -0.39 is 0 Å². The Morgan fingerprint density at radius 1 is 1.28 bits per heavy atom. The number of aryl methyl sites for hydroxylation is 1. The van der Waals surface area contributed by atoms with Crippen molar-refractivity contribution in [3.63, 3.8) is 0 Å². The summed E-state index contributed by atoms with van der Waals surface area (Å²) in [5.41, 5.74) is 2.07. The Hall–Kier alpha value is -1.39. The first-order valence-corrected chi connectivity index (χ1v) is 6.53. The molecule has 1 aliphatic rings. The Morgan fingerprint density at radius 2 is 2.06 bits per heavy atom. The minimum atomic E-state index is 0.0701. The number of carbonyl (C=O) groups excluding carboxylic acids is 1. The van der Waals surface area contributed by atoms with Gasteiger partial charge in [-0.15, -0.1) is 0 Å². The van der Waals surface area contributed by atoms with E-state index in [0.717, 1.165) is 38.3 Å². The third-order valence-electron chi connectivity index (χ3n) is 3.14. The van der Waals surface area contributed by atoms with Crippen molar-refractivity contribution in [3.05, 3.63) is 29.8 Å². The maximum Gasteiger partial charge on any atom is 0.238 e. The molecule has 1 fully saturated rings. The van der Waals surface area contributed by atoms with Crippen molar-refractivity contribution in [2.45, 2.75) is 13.3 Å². The zero-order valence-corrected chi connectivity index (χ0v) is 10.9. The highest BCUT2D eigenvalue weighted by Gasteiger charge is 2.12. The minimum Gasteiger partial charge on any atom is -0.325 e. The normalized spacial score (nSPS) is 17.2. The van der Waals surface area contributed by atoms with Crippen LogP contribution in [0, 0.1) is 6.92 Å². The van der Waals surface area contributed by atoms with Crippen molar-refractivity contribution in [3.8, 4) is 0 Å². The van der Waals surface area contributed by atoms with Gasteiger partial charge in [-0.05, 0) is 38.6 Å². The van der Waals surface area contributed by atoms with Crippen LogP contribution in [0.3, 0.4) is 0 Å². The van der Waals surface area contributed by atoms with Crippen LogP contribution in [0.15, 0.2) is 24.3 Å². The molecule has 2 N–H and O–H groups in total. The summed E-state index contributed by atoms with van der Waals surface area (Å²) >= 11 is 0. The zero-order valence-electron chi connectivity index (χ0n) is 10.9. The first-order valence-electron chi connectivity index (χ1n) is 6.53. The fourth-order valence-electron chi connectivity index (χ4n) is 2.10. The van der Waals surface area contributed by atoms with E-state index in [2.05, 4.69) is 15.5 Å². The molecule has 0 aromatic heterocycles. The second kappa shape index (κ2) is 6.52. The highest BCUT2D eigenvalue weighted by atomic mass is 16.2. The van der Waals surface area contributed by atoms with Gasteiger partial charge in [0.05, 0.1) is 6.54 Å². The van der Waals surface area contributed by atoms with E-state index >= 15 is 0 Å². The number of anilines is 1. The van der Waals surface area contributed by atoms with Crippen LogP contribution < -0.4 is 10.6 Å². The van der Waals surface area contributed by atoms with E-state index in [-0.39, 0.29) is 5.91 Å².